The molecule has 0 aromatic carbocycles. The fourth-order valence-corrected chi connectivity index (χ4v) is 2.72. The van der Waals surface area contributed by atoms with Gasteiger partial charge in [0.1, 0.15) is 0 Å². The molecule has 2 atom stereocenters. The molecule has 0 saturated carbocycles. The zero-order valence-corrected chi connectivity index (χ0v) is 11.3. The maximum atomic E-state index is 5.32. The van der Waals surface area contributed by atoms with Crippen LogP contribution in [0, 0.1) is 0 Å². The molecule has 0 aliphatic carbocycles. The van der Waals surface area contributed by atoms with Crippen LogP contribution in [0.5, 0.6) is 0 Å². The summed E-state index contributed by atoms with van der Waals surface area (Å²) in [6.45, 7) is 7.31. The predicted octanol–water partition coefficient (Wildman–Crippen LogP) is 2.12. The third-order valence-electron chi connectivity index (χ3n) is 3.34. The van der Waals surface area contributed by atoms with Crippen LogP contribution in [-0.2, 0) is 6.54 Å². The van der Waals surface area contributed by atoms with Gasteiger partial charge >= 0.3 is 0 Å². The fraction of sp³-hybridized carbons (Fsp3) is 0.500. The standard InChI is InChI=1S/C14H19N3O2/c1-10-7-17(8-11(2)15-10)9-12-6-14(19-16-12)13-4-3-5-18-13/h3-6,10-11,15H,7-9H2,1-2H3. The van der Waals surface area contributed by atoms with Crippen molar-refractivity contribution >= 4 is 0 Å². The number of furan rings is 1. The molecule has 1 N–H and O–H groups in total. The monoisotopic (exact) mass is 261 g/mol. The first kappa shape index (κ1) is 12.4. The maximum Gasteiger partial charge on any atom is 0.202 e. The van der Waals surface area contributed by atoms with Gasteiger partial charge in [0.25, 0.3) is 0 Å². The van der Waals surface area contributed by atoms with Gasteiger partial charge in [-0.3, -0.25) is 4.90 Å². The second-order valence-electron chi connectivity index (χ2n) is 5.32. The van der Waals surface area contributed by atoms with Crippen molar-refractivity contribution in [1.29, 1.82) is 0 Å². The van der Waals surface area contributed by atoms with Gasteiger partial charge in [-0.1, -0.05) is 5.16 Å². The summed E-state index contributed by atoms with van der Waals surface area (Å²) >= 11 is 0. The van der Waals surface area contributed by atoms with Crippen LogP contribution in [0.25, 0.3) is 11.5 Å². The Morgan fingerprint density at radius 2 is 2.11 bits per heavy atom. The molecule has 0 radical (unpaired) electrons. The first-order valence-electron chi connectivity index (χ1n) is 6.68. The molecular weight excluding hydrogens is 242 g/mol. The van der Waals surface area contributed by atoms with Crippen LogP contribution < -0.4 is 5.32 Å². The molecule has 3 rings (SSSR count). The molecule has 2 aromatic rings. The van der Waals surface area contributed by atoms with Gasteiger partial charge in [0.2, 0.25) is 5.76 Å². The molecule has 2 unspecified atom stereocenters. The average Bonchev–Trinajstić information content (AvgIpc) is 2.96. The summed E-state index contributed by atoms with van der Waals surface area (Å²) in [4.78, 5) is 2.40. The molecule has 19 heavy (non-hydrogen) atoms. The summed E-state index contributed by atoms with van der Waals surface area (Å²) in [5.41, 5.74) is 0.952. The number of nitrogens with zero attached hydrogens (tertiary/aromatic N) is 2. The highest BCUT2D eigenvalue weighted by Gasteiger charge is 2.22. The van der Waals surface area contributed by atoms with Crippen molar-refractivity contribution in [2.24, 2.45) is 0 Å². The Hall–Kier alpha value is -1.59. The number of hydrogen-bond acceptors (Lipinski definition) is 5. The molecule has 5 nitrogen and oxygen atoms in total. The van der Waals surface area contributed by atoms with Gasteiger partial charge in [-0.15, -0.1) is 0 Å². The predicted molar refractivity (Wildman–Crippen MR) is 71.5 cm³/mol. The van der Waals surface area contributed by atoms with Gasteiger partial charge in [-0.25, -0.2) is 0 Å². The molecular formula is C14H19N3O2. The first-order chi connectivity index (χ1) is 9.20. The number of piperazine rings is 1. The van der Waals surface area contributed by atoms with Gasteiger partial charge in [-0.05, 0) is 26.0 Å². The first-order valence-corrected chi connectivity index (χ1v) is 6.68. The van der Waals surface area contributed by atoms with E-state index in [9.17, 15) is 0 Å². The van der Waals surface area contributed by atoms with Crippen molar-refractivity contribution < 1.29 is 8.94 Å². The van der Waals surface area contributed by atoms with E-state index in [-0.39, 0.29) is 0 Å². The Labute approximate surface area is 112 Å². The Bertz CT molecular complexity index is 511. The van der Waals surface area contributed by atoms with Crippen LogP contribution in [0.4, 0.5) is 0 Å². The van der Waals surface area contributed by atoms with Crippen LogP contribution in [-0.4, -0.2) is 35.2 Å². The van der Waals surface area contributed by atoms with Crippen LogP contribution in [0.15, 0.2) is 33.4 Å². The smallest absolute Gasteiger partial charge is 0.202 e. The molecule has 3 heterocycles. The van der Waals surface area contributed by atoms with E-state index in [1.165, 1.54) is 0 Å². The highest BCUT2D eigenvalue weighted by atomic mass is 16.5. The van der Waals surface area contributed by atoms with Crippen LogP contribution >= 0.6 is 0 Å². The summed E-state index contributed by atoms with van der Waals surface area (Å²) < 4.78 is 10.6. The van der Waals surface area contributed by atoms with E-state index in [0.29, 0.717) is 17.8 Å². The topological polar surface area (TPSA) is 54.4 Å². The minimum absolute atomic E-state index is 0.514. The molecule has 1 saturated heterocycles. The Morgan fingerprint density at radius 3 is 2.79 bits per heavy atom. The largest absolute Gasteiger partial charge is 0.461 e. The van der Waals surface area contributed by atoms with Crippen molar-refractivity contribution in [1.82, 2.24) is 15.4 Å². The Balaban J connectivity index is 1.67. The van der Waals surface area contributed by atoms with Gasteiger partial charge in [-0.2, -0.15) is 0 Å². The Kier molecular flexibility index (Phi) is 3.40. The van der Waals surface area contributed by atoms with Crippen LogP contribution in [0.2, 0.25) is 0 Å². The summed E-state index contributed by atoms with van der Waals surface area (Å²) in [6, 6.07) is 6.70. The van der Waals surface area contributed by atoms with Crippen LogP contribution in [0.3, 0.4) is 0 Å². The van der Waals surface area contributed by atoms with Crippen molar-refractivity contribution in [3.63, 3.8) is 0 Å². The van der Waals surface area contributed by atoms with E-state index in [1.54, 1.807) is 6.26 Å². The summed E-state index contributed by atoms with van der Waals surface area (Å²) in [6.07, 6.45) is 1.64. The van der Waals surface area contributed by atoms with Crippen molar-refractivity contribution in [3.05, 3.63) is 30.2 Å². The van der Waals surface area contributed by atoms with E-state index in [0.717, 1.165) is 31.1 Å². The SMILES string of the molecule is CC1CN(Cc2cc(-c3ccco3)on2)CC(C)N1. The molecule has 102 valence electrons. The molecule has 0 spiro atoms. The van der Waals surface area contributed by atoms with Gasteiger partial charge in [0.05, 0.1) is 12.0 Å². The minimum atomic E-state index is 0.514. The zero-order chi connectivity index (χ0) is 13.2. The molecule has 1 aliphatic rings. The van der Waals surface area contributed by atoms with Gasteiger partial charge < -0.3 is 14.3 Å². The van der Waals surface area contributed by atoms with E-state index < -0.39 is 0 Å². The lowest BCUT2D eigenvalue weighted by molar-refractivity contribution is 0.163. The lowest BCUT2D eigenvalue weighted by Gasteiger charge is -2.35. The number of hydrogen-bond donors (Lipinski definition) is 1. The quantitative estimate of drug-likeness (QED) is 0.917. The van der Waals surface area contributed by atoms with E-state index in [4.69, 9.17) is 8.94 Å². The Morgan fingerprint density at radius 1 is 1.32 bits per heavy atom. The van der Waals surface area contributed by atoms with E-state index in [1.807, 2.05) is 18.2 Å². The molecule has 5 heteroatoms. The highest BCUT2D eigenvalue weighted by molar-refractivity contribution is 5.49. The zero-order valence-electron chi connectivity index (χ0n) is 11.3. The summed E-state index contributed by atoms with van der Waals surface area (Å²) in [7, 11) is 0. The molecule has 0 amide bonds. The molecule has 0 bridgehead atoms. The summed E-state index contributed by atoms with van der Waals surface area (Å²) in [5.74, 6) is 1.41. The fourth-order valence-electron chi connectivity index (χ4n) is 2.72. The lowest BCUT2D eigenvalue weighted by Crippen LogP contribution is -2.53. The normalized spacial score (nSPS) is 24.7. The third kappa shape index (κ3) is 2.88. The third-order valence-corrected chi connectivity index (χ3v) is 3.34. The highest BCUT2D eigenvalue weighted by Crippen LogP contribution is 2.21. The number of aromatic nitrogens is 1. The van der Waals surface area contributed by atoms with E-state index in [2.05, 4.69) is 29.2 Å². The van der Waals surface area contributed by atoms with Gasteiger partial charge in [0, 0.05) is 37.8 Å². The van der Waals surface area contributed by atoms with Crippen LogP contribution in [0.1, 0.15) is 19.5 Å². The molecule has 2 aromatic heterocycles. The number of nitrogens with one attached hydrogen (secondary N) is 1. The van der Waals surface area contributed by atoms with Crippen molar-refractivity contribution in [2.45, 2.75) is 32.5 Å². The minimum Gasteiger partial charge on any atom is -0.461 e. The van der Waals surface area contributed by atoms with Gasteiger partial charge in [0.15, 0.2) is 5.76 Å². The van der Waals surface area contributed by atoms with Crippen molar-refractivity contribution in [2.75, 3.05) is 13.1 Å². The van der Waals surface area contributed by atoms with E-state index >= 15 is 0 Å². The maximum absolute atomic E-state index is 5.32. The molecule has 1 fully saturated rings. The second kappa shape index (κ2) is 5.19. The summed E-state index contributed by atoms with van der Waals surface area (Å²) in [5, 5.41) is 7.64. The molecule has 1 aliphatic heterocycles. The second-order valence-corrected chi connectivity index (χ2v) is 5.32. The lowest BCUT2D eigenvalue weighted by atomic mass is 10.1. The number of rotatable bonds is 3. The average molecular weight is 261 g/mol. The van der Waals surface area contributed by atoms with Crippen molar-refractivity contribution in [3.8, 4) is 11.5 Å².